The first-order valence-electron chi connectivity index (χ1n) is 15.6. The van der Waals surface area contributed by atoms with E-state index in [1.807, 2.05) is 6.92 Å². The van der Waals surface area contributed by atoms with Crippen molar-refractivity contribution in [3.63, 3.8) is 0 Å². The number of nitrogens with one attached hydrogen (secondary N) is 1. The van der Waals surface area contributed by atoms with Crippen LogP contribution in [0.4, 0.5) is 4.79 Å². The van der Waals surface area contributed by atoms with Crippen LogP contribution in [0.1, 0.15) is 85.5 Å². The molecule has 7 atom stereocenters. The number of ether oxygens (including phenoxy) is 2. The summed E-state index contributed by atoms with van der Waals surface area (Å²) in [6.07, 6.45) is 16.2. The smallest absolute Gasteiger partial charge is 0.410 e. The molecular weight excluding hydrogens is 538 g/mol. The van der Waals surface area contributed by atoms with Gasteiger partial charge in [-0.2, -0.15) is 9.78 Å². The number of nitrogens with two attached hydrogens (primary N) is 1. The monoisotopic (exact) mass is 587 g/mol. The van der Waals surface area contributed by atoms with Gasteiger partial charge in [0.25, 0.3) is 0 Å². The maximum atomic E-state index is 12.6. The molecule has 0 radical (unpaired) electrons. The van der Waals surface area contributed by atoms with Gasteiger partial charge in [-0.15, -0.1) is 0 Å². The minimum atomic E-state index is -0.536. The lowest BCUT2D eigenvalue weighted by molar-refractivity contribution is -0.123. The number of hydrogen-bond acceptors (Lipinski definition) is 7. The van der Waals surface area contributed by atoms with Crippen molar-refractivity contribution >= 4 is 17.9 Å². The minimum Gasteiger partial charge on any atom is -0.442 e. The second kappa shape index (κ2) is 14.7. The van der Waals surface area contributed by atoms with E-state index >= 15 is 0 Å². The molecule has 3 N–H and O–H groups in total. The fourth-order valence-electron chi connectivity index (χ4n) is 6.47. The summed E-state index contributed by atoms with van der Waals surface area (Å²) in [5, 5.41) is 3.06. The molecule has 0 aromatic heterocycles. The number of primary amides is 1. The van der Waals surface area contributed by atoms with Crippen molar-refractivity contribution in [2.24, 2.45) is 23.5 Å². The number of hydrogen-bond donors (Lipinski definition) is 2. The summed E-state index contributed by atoms with van der Waals surface area (Å²) in [4.78, 5) is 48.6. The van der Waals surface area contributed by atoms with Crippen LogP contribution in [-0.2, 0) is 28.8 Å². The summed E-state index contributed by atoms with van der Waals surface area (Å²) in [6, 6.07) is -0.0941. The van der Waals surface area contributed by atoms with E-state index in [1.165, 1.54) is 6.08 Å². The van der Waals surface area contributed by atoms with Crippen LogP contribution in [0.5, 0.6) is 0 Å². The quantitative estimate of drug-likeness (QED) is 0.164. The normalized spacial score (nSPS) is 32.2. The Labute approximate surface area is 249 Å². The zero-order valence-corrected chi connectivity index (χ0v) is 25.6. The molecule has 10 heteroatoms. The van der Waals surface area contributed by atoms with Crippen molar-refractivity contribution < 1.29 is 33.6 Å². The summed E-state index contributed by atoms with van der Waals surface area (Å²) in [7, 11) is 0. The van der Waals surface area contributed by atoms with Gasteiger partial charge in [-0.3, -0.25) is 9.59 Å². The average Bonchev–Trinajstić information content (AvgIpc) is 3.69. The highest BCUT2D eigenvalue weighted by atomic mass is 17.4. The average molecular weight is 588 g/mol. The predicted octanol–water partition coefficient (Wildman–Crippen LogP) is 4.69. The summed E-state index contributed by atoms with van der Waals surface area (Å²) in [5.41, 5.74) is 6.58. The van der Waals surface area contributed by atoms with Crippen molar-refractivity contribution in [1.29, 1.82) is 0 Å². The third kappa shape index (κ3) is 9.67. The predicted molar refractivity (Wildman–Crippen MR) is 158 cm³/mol. The first kappa shape index (κ1) is 32.2. The number of rotatable bonds is 10. The maximum absolute atomic E-state index is 12.6. The molecule has 234 valence electrons. The molecule has 42 heavy (non-hydrogen) atoms. The Morgan fingerprint density at radius 1 is 1.10 bits per heavy atom. The summed E-state index contributed by atoms with van der Waals surface area (Å²) in [5.74, 6) is -0.332. The van der Waals surface area contributed by atoms with E-state index < -0.39 is 11.9 Å². The van der Waals surface area contributed by atoms with Crippen LogP contribution in [-0.4, -0.2) is 66.0 Å². The van der Waals surface area contributed by atoms with E-state index in [2.05, 4.69) is 37.4 Å². The second-order valence-electron chi connectivity index (χ2n) is 12.8. The van der Waals surface area contributed by atoms with E-state index in [0.29, 0.717) is 6.42 Å². The maximum Gasteiger partial charge on any atom is 0.410 e. The zero-order valence-electron chi connectivity index (χ0n) is 25.6. The summed E-state index contributed by atoms with van der Waals surface area (Å²) in [6.45, 7) is 9.45. The molecule has 4 aliphatic rings. The van der Waals surface area contributed by atoms with Gasteiger partial charge in [-0.1, -0.05) is 30.7 Å². The highest BCUT2D eigenvalue weighted by molar-refractivity contribution is 5.87. The van der Waals surface area contributed by atoms with Gasteiger partial charge in [-0.05, 0) is 83.1 Å². The first-order valence-corrected chi connectivity index (χ1v) is 15.6. The molecule has 0 bridgehead atoms. The standard InChI is InChI=1S/C32H49N3O7/c1-21(8-11-25-17-26(18-29(33)36)20-32(19-25)41-42-32)9-12-28-22(2)16-27(24(4)40-28)34-30(37)13-10-23(3)39-31(38)35-14-6-5-7-15-35/h8-11,13,22-28H,5-7,12,14-20H2,1-4H3,(H2,33,36)(H,34,37)/b11-8+,13-10-,21-9+/t22-,23-,24+,25-,26+,27+,28-/m0/s1. The van der Waals surface area contributed by atoms with Crippen LogP contribution in [0.25, 0.3) is 0 Å². The lowest BCUT2D eigenvalue weighted by Gasteiger charge is -2.39. The van der Waals surface area contributed by atoms with E-state index in [9.17, 15) is 14.4 Å². The molecule has 1 aliphatic carbocycles. The van der Waals surface area contributed by atoms with Crippen LogP contribution in [0.3, 0.4) is 0 Å². The van der Waals surface area contributed by atoms with Gasteiger partial charge >= 0.3 is 6.09 Å². The molecule has 4 rings (SSSR count). The fourth-order valence-corrected chi connectivity index (χ4v) is 6.47. The molecule has 3 amide bonds. The van der Waals surface area contributed by atoms with E-state index in [0.717, 1.165) is 70.0 Å². The van der Waals surface area contributed by atoms with Crippen LogP contribution in [0.15, 0.2) is 36.0 Å². The third-order valence-electron chi connectivity index (χ3n) is 8.88. The van der Waals surface area contributed by atoms with Crippen molar-refractivity contribution in [2.75, 3.05) is 13.1 Å². The Morgan fingerprint density at radius 2 is 1.83 bits per heavy atom. The van der Waals surface area contributed by atoms with Gasteiger partial charge < -0.3 is 25.4 Å². The minimum absolute atomic E-state index is 0.0624. The molecule has 4 fully saturated rings. The van der Waals surface area contributed by atoms with Crippen molar-refractivity contribution in [3.8, 4) is 0 Å². The second-order valence-corrected chi connectivity index (χ2v) is 12.8. The van der Waals surface area contributed by atoms with E-state index in [-0.39, 0.29) is 53.9 Å². The SMILES string of the molecule is CC(/C=C/[C@H]1C[C@H](CC(N)=O)CC2(C1)OO2)=C\C[C@@H]1O[C@H](C)[C@H](NC(=O)/C=C\[C@H](C)OC(=O)N2CCCCC2)C[C@@H]1C. The van der Waals surface area contributed by atoms with Gasteiger partial charge in [0.1, 0.15) is 6.10 Å². The van der Waals surface area contributed by atoms with Gasteiger partial charge in [0.2, 0.25) is 17.6 Å². The zero-order chi connectivity index (χ0) is 30.3. The molecule has 0 unspecified atom stereocenters. The Bertz CT molecular complexity index is 1050. The highest BCUT2D eigenvalue weighted by Gasteiger charge is 2.54. The number of piperidine rings is 1. The topological polar surface area (TPSA) is 136 Å². The number of nitrogens with zero attached hydrogens (tertiary/aromatic N) is 1. The van der Waals surface area contributed by atoms with E-state index in [4.69, 9.17) is 25.0 Å². The Balaban J connectivity index is 1.19. The van der Waals surface area contributed by atoms with Crippen LogP contribution >= 0.6 is 0 Å². The van der Waals surface area contributed by atoms with Crippen LogP contribution in [0, 0.1) is 17.8 Å². The number of carbonyl (C=O) groups excluding carboxylic acids is 3. The molecule has 0 aromatic rings. The van der Waals surface area contributed by atoms with Gasteiger partial charge in [0.15, 0.2) is 0 Å². The van der Waals surface area contributed by atoms with Crippen molar-refractivity contribution in [3.05, 3.63) is 36.0 Å². The Hall–Kier alpha value is -2.69. The molecular formula is C32H49N3O7. The van der Waals surface area contributed by atoms with Crippen LogP contribution in [0.2, 0.25) is 0 Å². The number of likely N-dealkylation sites (tertiary alicyclic amines) is 1. The van der Waals surface area contributed by atoms with Gasteiger partial charge in [0.05, 0.1) is 18.2 Å². The lowest BCUT2D eigenvalue weighted by Crippen LogP contribution is -2.50. The number of amides is 3. The molecule has 3 saturated heterocycles. The van der Waals surface area contributed by atoms with Gasteiger partial charge in [0, 0.05) is 38.4 Å². The summed E-state index contributed by atoms with van der Waals surface area (Å²) >= 11 is 0. The number of carbonyl (C=O) groups is 3. The van der Waals surface area contributed by atoms with Gasteiger partial charge in [-0.25, -0.2) is 4.79 Å². The Morgan fingerprint density at radius 3 is 2.52 bits per heavy atom. The van der Waals surface area contributed by atoms with Crippen LogP contribution < -0.4 is 11.1 Å². The third-order valence-corrected chi connectivity index (χ3v) is 8.88. The first-order chi connectivity index (χ1) is 20.0. The molecule has 1 spiro atoms. The molecule has 3 heterocycles. The summed E-state index contributed by atoms with van der Waals surface area (Å²) < 4.78 is 11.8. The largest absolute Gasteiger partial charge is 0.442 e. The molecule has 3 aliphatic heterocycles. The van der Waals surface area contributed by atoms with Crippen molar-refractivity contribution in [2.45, 2.75) is 116 Å². The molecule has 10 nitrogen and oxygen atoms in total. The number of allylic oxidation sites excluding steroid dienone is 3. The van der Waals surface area contributed by atoms with E-state index in [1.54, 1.807) is 17.9 Å². The highest BCUT2D eigenvalue weighted by Crippen LogP contribution is 2.49. The fraction of sp³-hybridized carbons (Fsp3) is 0.719. The molecule has 0 aromatic carbocycles. The van der Waals surface area contributed by atoms with Crippen molar-refractivity contribution in [1.82, 2.24) is 10.2 Å². The lowest BCUT2D eigenvalue weighted by atomic mass is 9.76. The molecule has 1 saturated carbocycles. The Kier molecular flexibility index (Phi) is 11.3.